The van der Waals surface area contributed by atoms with Crippen LogP contribution >= 0.6 is 0 Å². The van der Waals surface area contributed by atoms with Crippen molar-refractivity contribution in [1.82, 2.24) is 10.8 Å². The van der Waals surface area contributed by atoms with Gasteiger partial charge in [-0.25, -0.2) is 5.48 Å². The number of rotatable bonds is 6. The van der Waals surface area contributed by atoms with Gasteiger partial charge in [0.25, 0.3) is 11.8 Å². The highest BCUT2D eigenvalue weighted by Crippen LogP contribution is 2.12. The first kappa shape index (κ1) is 18.2. The molecule has 0 fully saturated rings. The quantitative estimate of drug-likeness (QED) is 0.428. The Hall–Kier alpha value is -3.12. The van der Waals surface area contributed by atoms with Gasteiger partial charge in [0, 0.05) is 38.0 Å². The van der Waals surface area contributed by atoms with Gasteiger partial charge in [0.15, 0.2) is 0 Å². The molecule has 0 aromatic heterocycles. The first-order chi connectivity index (χ1) is 12.0. The van der Waals surface area contributed by atoms with Crippen molar-refractivity contribution in [3.63, 3.8) is 0 Å². The van der Waals surface area contributed by atoms with Crippen LogP contribution in [0.2, 0.25) is 0 Å². The molecule has 0 saturated heterocycles. The molecule has 2 amide bonds. The second-order valence-corrected chi connectivity index (χ2v) is 5.67. The molecule has 0 aliphatic carbocycles. The third kappa shape index (κ3) is 5.47. The Balaban J connectivity index is 1.91. The van der Waals surface area contributed by atoms with Gasteiger partial charge in [0.05, 0.1) is 0 Å². The third-order valence-electron chi connectivity index (χ3n) is 3.62. The second-order valence-electron chi connectivity index (χ2n) is 5.67. The first-order valence-electron chi connectivity index (χ1n) is 7.76. The summed E-state index contributed by atoms with van der Waals surface area (Å²) in [5.41, 5.74) is 4.94. The summed E-state index contributed by atoms with van der Waals surface area (Å²) in [6.45, 7) is 0.412. The molecule has 6 nitrogen and oxygen atoms in total. The van der Waals surface area contributed by atoms with Crippen LogP contribution in [0.3, 0.4) is 0 Å². The van der Waals surface area contributed by atoms with Crippen molar-refractivity contribution in [1.29, 1.82) is 0 Å². The fraction of sp³-hybridized carbons (Fsp3) is 0.158. The molecule has 130 valence electrons. The second kappa shape index (κ2) is 8.65. The SMILES string of the molecule is CN(C)c1ccc(C(=O)NCc2ccc(/C=C/C(=O)NO)cc2)cc1. The van der Waals surface area contributed by atoms with Gasteiger partial charge in [-0.15, -0.1) is 0 Å². The van der Waals surface area contributed by atoms with Crippen molar-refractivity contribution in [2.24, 2.45) is 0 Å². The van der Waals surface area contributed by atoms with Crippen molar-refractivity contribution in [2.75, 3.05) is 19.0 Å². The summed E-state index contributed by atoms with van der Waals surface area (Å²) in [5.74, 6) is -0.717. The van der Waals surface area contributed by atoms with Gasteiger partial charge in [-0.2, -0.15) is 0 Å². The number of amides is 2. The normalized spacial score (nSPS) is 10.5. The highest BCUT2D eigenvalue weighted by Gasteiger charge is 2.05. The number of nitrogens with one attached hydrogen (secondary N) is 2. The highest BCUT2D eigenvalue weighted by atomic mass is 16.5. The van der Waals surface area contributed by atoms with Gasteiger partial charge >= 0.3 is 0 Å². The summed E-state index contributed by atoms with van der Waals surface area (Å²) in [6, 6.07) is 14.8. The number of carbonyl (C=O) groups excluding carboxylic acids is 2. The summed E-state index contributed by atoms with van der Waals surface area (Å²) >= 11 is 0. The topological polar surface area (TPSA) is 81.7 Å². The van der Waals surface area contributed by atoms with Crippen molar-refractivity contribution in [2.45, 2.75) is 6.54 Å². The van der Waals surface area contributed by atoms with E-state index in [0.717, 1.165) is 16.8 Å². The van der Waals surface area contributed by atoms with Gasteiger partial charge in [-0.05, 0) is 41.5 Å². The highest BCUT2D eigenvalue weighted by molar-refractivity contribution is 5.94. The number of hydrogen-bond acceptors (Lipinski definition) is 4. The predicted molar refractivity (Wildman–Crippen MR) is 97.3 cm³/mol. The van der Waals surface area contributed by atoms with E-state index in [1.165, 1.54) is 11.6 Å². The van der Waals surface area contributed by atoms with Crippen LogP contribution in [0.4, 0.5) is 5.69 Å². The van der Waals surface area contributed by atoms with Crippen molar-refractivity contribution < 1.29 is 14.8 Å². The van der Waals surface area contributed by atoms with Gasteiger partial charge < -0.3 is 10.2 Å². The lowest BCUT2D eigenvalue weighted by atomic mass is 10.1. The van der Waals surface area contributed by atoms with Crippen LogP contribution < -0.4 is 15.7 Å². The number of carbonyl (C=O) groups is 2. The summed E-state index contributed by atoms with van der Waals surface area (Å²) in [7, 11) is 3.90. The maximum Gasteiger partial charge on any atom is 0.267 e. The average Bonchev–Trinajstić information content (AvgIpc) is 2.65. The standard InChI is InChI=1S/C19H21N3O3/c1-22(2)17-10-8-16(9-11-17)19(24)20-13-15-5-3-14(4-6-15)7-12-18(23)21-25/h3-12,25H,13H2,1-2H3,(H,20,24)(H,21,23)/b12-7+. The molecular formula is C19H21N3O3. The van der Waals surface area contributed by atoms with Gasteiger partial charge in [0.2, 0.25) is 0 Å². The summed E-state index contributed by atoms with van der Waals surface area (Å²) < 4.78 is 0. The minimum absolute atomic E-state index is 0.131. The maximum absolute atomic E-state index is 12.2. The third-order valence-corrected chi connectivity index (χ3v) is 3.62. The van der Waals surface area contributed by atoms with Crippen LogP contribution in [0.25, 0.3) is 6.08 Å². The van der Waals surface area contributed by atoms with Crippen molar-refractivity contribution in [3.05, 3.63) is 71.3 Å². The van der Waals surface area contributed by atoms with Crippen LogP contribution in [-0.2, 0) is 11.3 Å². The van der Waals surface area contributed by atoms with Crippen molar-refractivity contribution >= 4 is 23.6 Å². The zero-order valence-corrected chi connectivity index (χ0v) is 14.2. The summed E-state index contributed by atoms with van der Waals surface area (Å²) in [4.78, 5) is 25.1. The van der Waals surface area contributed by atoms with E-state index in [4.69, 9.17) is 5.21 Å². The van der Waals surface area contributed by atoms with Gasteiger partial charge in [-0.1, -0.05) is 24.3 Å². The Bertz CT molecular complexity index is 750. The van der Waals surface area contributed by atoms with Crippen LogP contribution in [0.1, 0.15) is 21.5 Å². The van der Waals surface area contributed by atoms with E-state index in [0.29, 0.717) is 12.1 Å². The maximum atomic E-state index is 12.2. The Labute approximate surface area is 146 Å². The van der Waals surface area contributed by atoms with Crippen LogP contribution in [0, 0.1) is 0 Å². The molecule has 2 aromatic rings. The zero-order valence-electron chi connectivity index (χ0n) is 14.2. The molecule has 0 unspecified atom stereocenters. The lowest BCUT2D eigenvalue weighted by Gasteiger charge is -2.12. The van der Waals surface area contributed by atoms with Crippen LogP contribution in [0.5, 0.6) is 0 Å². The molecule has 0 saturated carbocycles. The first-order valence-corrected chi connectivity index (χ1v) is 7.76. The number of hydroxylamine groups is 1. The molecule has 6 heteroatoms. The van der Waals surface area contributed by atoms with Gasteiger partial charge in [-0.3, -0.25) is 14.8 Å². The van der Waals surface area contributed by atoms with E-state index in [1.807, 2.05) is 55.4 Å². The fourth-order valence-corrected chi connectivity index (χ4v) is 2.15. The summed E-state index contributed by atoms with van der Waals surface area (Å²) in [6.07, 6.45) is 2.81. The van der Waals surface area contributed by atoms with Crippen LogP contribution in [-0.4, -0.2) is 31.1 Å². The molecular weight excluding hydrogens is 318 g/mol. The number of nitrogens with zero attached hydrogens (tertiary/aromatic N) is 1. The van der Waals surface area contributed by atoms with Crippen LogP contribution in [0.15, 0.2) is 54.6 Å². The molecule has 2 aromatic carbocycles. The van der Waals surface area contributed by atoms with Crippen molar-refractivity contribution in [3.8, 4) is 0 Å². The molecule has 3 N–H and O–H groups in total. The molecule has 0 atom stereocenters. The Kier molecular flexibility index (Phi) is 6.31. The summed E-state index contributed by atoms with van der Waals surface area (Å²) in [5, 5.41) is 11.3. The number of benzene rings is 2. The lowest BCUT2D eigenvalue weighted by Crippen LogP contribution is -2.22. The van der Waals surface area contributed by atoms with Gasteiger partial charge in [0.1, 0.15) is 0 Å². The molecule has 0 aliphatic rings. The number of anilines is 1. The lowest BCUT2D eigenvalue weighted by molar-refractivity contribution is -0.124. The van der Waals surface area contributed by atoms with E-state index in [9.17, 15) is 9.59 Å². The largest absolute Gasteiger partial charge is 0.378 e. The Morgan fingerprint density at radius 2 is 1.68 bits per heavy atom. The van der Waals surface area contributed by atoms with E-state index < -0.39 is 5.91 Å². The Morgan fingerprint density at radius 1 is 1.04 bits per heavy atom. The average molecular weight is 339 g/mol. The van der Waals surface area contributed by atoms with E-state index in [2.05, 4.69) is 5.32 Å². The minimum Gasteiger partial charge on any atom is -0.378 e. The molecule has 0 spiro atoms. The van der Waals surface area contributed by atoms with E-state index in [-0.39, 0.29) is 5.91 Å². The molecule has 0 bridgehead atoms. The molecule has 0 aliphatic heterocycles. The number of hydrogen-bond donors (Lipinski definition) is 3. The fourth-order valence-electron chi connectivity index (χ4n) is 2.15. The monoisotopic (exact) mass is 339 g/mol. The predicted octanol–water partition coefficient (Wildman–Crippen LogP) is 2.20. The molecule has 25 heavy (non-hydrogen) atoms. The smallest absolute Gasteiger partial charge is 0.267 e. The zero-order chi connectivity index (χ0) is 18.2. The van der Waals surface area contributed by atoms with E-state index in [1.54, 1.807) is 18.2 Å². The molecule has 0 radical (unpaired) electrons. The minimum atomic E-state index is -0.586. The Morgan fingerprint density at radius 3 is 2.24 bits per heavy atom. The van der Waals surface area contributed by atoms with E-state index >= 15 is 0 Å². The molecule has 2 rings (SSSR count). The molecule has 0 heterocycles.